The number of rotatable bonds is 4. The van der Waals surface area contributed by atoms with Gasteiger partial charge in [-0.05, 0) is 34.5 Å². The van der Waals surface area contributed by atoms with Crippen LogP contribution in [0.4, 0.5) is 0 Å². The molecule has 3 rings (SSSR count). The number of thiophene rings is 1. The van der Waals surface area contributed by atoms with Crippen LogP contribution in [0.25, 0.3) is 11.0 Å². The first-order valence-electron chi connectivity index (χ1n) is 5.85. The molecule has 2 aromatic heterocycles. The van der Waals surface area contributed by atoms with Gasteiger partial charge in [-0.2, -0.15) is 11.3 Å². The van der Waals surface area contributed by atoms with Gasteiger partial charge < -0.3 is 20.4 Å². The molecule has 1 atom stereocenters. The van der Waals surface area contributed by atoms with Crippen molar-refractivity contribution in [3.63, 3.8) is 0 Å². The molecule has 0 saturated heterocycles. The van der Waals surface area contributed by atoms with Crippen LogP contribution in [0.1, 0.15) is 11.6 Å². The van der Waals surface area contributed by atoms with Crippen molar-refractivity contribution in [3.05, 3.63) is 51.1 Å². The van der Waals surface area contributed by atoms with Gasteiger partial charge in [-0.3, -0.25) is 0 Å². The largest absolute Gasteiger partial charge is 0.492 e. The minimum atomic E-state index is -0.220. The van der Waals surface area contributed by atoms with E-state index >= 15 is 0 Å². The van der Waals surface area contributed by atoms with Crippen molar-refractivity contribution in [2.75, 3.05) is 6.61 Å². The van der Waals surface area contributed by atoms with Gasteiger partial charge in [-0.1, -0.05) is 0 Å². The summed E-state index contributed by atoms with van der Waals surface area (Å²) in [6, 6.07) is 7.25. The number of nitrogens with one attached hydrogen (secondary N) is 2. The van der Waals surface area contributed by atoms with Crippen LogP contribution in [0.5, 0.6) is 5.75 Å². The number of hydrogen-bond acceptors (Lipinski definition) is 4. The van der Waals surface area contributed by atoms with Gasteiger partial charge in [0.05, 0.1) is 17.1 Å². The second kappa shape index (κ2) is 4.91. The van der Waals surface area contributed by atoms with Gasteiger partial charge in [-0.15, -0.1) is 0 Å². The van der Waals surface area contributed by atoms with Gasteiger partial charge in [-0.25, -0.2) is 4.79 Å². The first-order chi connectivity index (χ1) is 9.22. The second-order valence-corrected chi connectivity index (χ2v) is 5.04. The number of aromatic nitrogens is 2. The van der Waals surface area contributed by atoms with Crippen LogP contribution in [0.3, 0.4) is 0 Å². The lowest BCUT2D eigenvalue weighted by atomic mass is 10.2. The summed E-state index contributed by atoms with van der Waals surface area (Å²) < 4.78 is 5.65. The lowest BCUT2D eigenvalue weighted by Gasteiger charge is -2.11. The molecule has 98 valence electrons. The van der Waals surface area contributed by atoms with Crippen molar-refractivity contribution in [3.8, 4) is 5.75 Å². The number of imidazole rings is 1. The summed E-state index contributed by atoms with van der Waals surface area (Å²) in [4.78, 5) is 16.5. The monoisotopic (exact) mass is 275 g/mol. The topological polar surface area (TPSA) is 83.9 Å². The highest BCUT2D eigenvalue weighted by Crippen LogP contribution is 2.19. The maximum Gasteiger partial charge on any atom is 0.323 e. The Labute approximate surface area is 113 Å². The fourth-order valence-electron chi connectivity index (χ4n) is 1.87. The molecule has 4 N–H and O–H groups in total. The van der Waals surface area contributed by atoms with E-state index in [1.165, 1.54) is 0 Å². The Balaban J connectivity index is 1.73. The summed E-state index contributed by atoms with van der Waals surface area (Å²) in [7, 11) is 0. The van der Waals surface area contributed by atoms with Gasteiger partial charge in [0.1, 0.15) is 12.4 Å². The Morgan fingerprint density at radius 3 is 2.89 bits per heavy atom. The standard InChI is InChI=1S/C13H13N3O2S/c14-10(8-3-4-19-7-8)6-18-9-1-2-11-12(5-9)16-13(17)15-11/h1-5,7,10H,6,14H2,(H2,15,16,17). The Kier molecular flexibility index (Phi) is 3.10. The summed E-state index contributed by atoms with van der Waals surface area (Å²) in [6.07, 6.45) is 0. The van der Waals surface area contributed by atoms with E-state index in [-0.39, 0.29) is 11.7 Å². The maximum atomic E-state index is 11.2. The molecule has 0 bridgehead atoms. The predicted octanol–water partition coefficient (Wildman–Crippen LogP) is 2.00. The Morgan fingerprint density at radius 1 is 1.26 bits per heavy atom. The zero-order valence-electron chi connectivity index (χ0n) is 10.1. The van der Waals surface area contributed by atoms with Gasteiger partial charge >= 0.3 is 5.69 Å². The highest BCUT2D eigenvalue weighted by atomic mass is 32.1. The smallest absolute Gasteiger partial charge is 0.323 e. The number of nitrogens with two attached hydrogens (primary N) is 1. The third kappa shape index (κ3) is 2.54. The highest BCUT2D eigenvalue weighted by molar-refractivity contribution is 7.07. The molecule has 1 aromatic carbocycles. The number of fused-ring (bicyclic) bond motifs is 1. The fourth-order valence-corrected chi connectivity index (χ4v) is 2.59. The van der Waals surface area contributed by atoms with Crippen LogP contribution in [0, 0.1) is 0 Å². The molecular weight excluding hydrogens is 262 g/mol. The summed E-state index contributed by atoms with van der Waals surface area (Å²) in [5, 5.41) is 4.01. The Hall–Kier alpha value is -2.05. The molecule has 6 heteroatoms. The molecule has 0 saturated carbocycles. The average Bonchev–Trinajstić information content (AvgIpc) is 3.03. The molecule has 19 heavy (non-hydrogen) atoms. The van der Waals surface area contributed by atoms with Gasteiger partial charge in [0.15, 0.2) is 0 Å². The van der Waals surface area contributed by atoms with E-state index in [0.29, 0.717) is 12.4 Å². The van der Waals surface area contributed by atoms with E-state index in [2.05, 4.69) is 9.97 Å². The fraction of sp³-hybridized carbons (Fsp3) is 0.154. The number of hydrogen-bond donors (Lipinski definition) is 3. The van der Waals surface area contributed by atoms with Crippen molar-refractivity contribution in [2.24, 2.45) is 5.73 Å². The summed E-state index contributed by atoms with van der Waals surface area (Å²) in [5.74, 6) is 0.688. The first-order valence-corrected chi connectivity index (χ1v) is 6.79. The summed E-state index contributed by atoms with van der Waals surface area (Å²) >= 11 is 1.61. The Morgan fingerprint density at radius 2 is 2.11 bits per heavy atom. The van der Waals surface area contributed by atoms with Crippen LogP contribution < -0.4 is 16.2 Å². The van der Waals surface area contributed by atoms with Crippen LogP contribution >= 0.6 is 11.3 Å². The van der Waals surface area contributed by atoms with Crippen LogP contribution in [0.15, 0.2) is 39.8 Å². The van der Waals surface area contributed by atoms with E-state index in [1.807, 2.05) is 22.9 Å². The molecular formula is C13H13N3O2S. The quantitative estimate of drug-likeness (QED) is 0.681. The molecule has 1 unspecified atom stereocenters. The number of aromatic amines is 2. The maximum absolute atomic E-state index is 11.2. The SMILES string of the molecule is NC(COc1ccc2[nH]c(=O)[nH]c2c1)c1ccsc1. The zero-order chi connectivity index (χ0) is 13.2. The normalized spacial score (nSPS) is 12.7. The molecule has 0 aliphatic heterocycles. The Bertz CT molecular complexity index is 730. The first kappa shape index (κ1) is 12.0. The zero-order valence-corrected chi connectivity index (χ0v) is 10.9. The van der Waals surface area contributed by atoms with Crippen molar-refractivity contribution in [1.29, 1.82) is 0 Å². The van der Waals surface area contributed by atoms with Crippen molar-refractivity contribution in [2.45, 2.75) is 6.04 Å². The van der Waals surface area contributed by atoms with E-state index in [0.717, 1.165) is 16.6 Å². The van der Waals surface area contributed by atoms with E-state index in [4.69, 9.17) is 10.5 Å². The van der Waals surface area contributed by atoms with Gasteiger partial charge in [0.2, 0.25) is 0 Å². The molecule has 0 spiro atoms. The molecule has 5 nitrogen and oxygen atoms in total. The van der Waals surface area contributed by atoms with Crippen LogP contribution in [0.2, 0.25) is 0 Å². The molecule has 0 aliphatic carbocycles. The number of benzene rings is 1. The van der Waals surface area contributed by atoms with Crippen LogP contribution in [-0.2, 0) is 0 Å². The van der Waals surface area contributed by atoms with Crippen LogP contribution in [-0.4, -0.2) is 16.6 Å². The lowest BCUT2D eigenvalue weighted by molar-refractivity contribution is 0.291. The third-order valence-corrected chi connectivity index (χ3v) is 3.59. The van der Waals surface area contributed by atoms with Gasteiger partial charge in [0, 0.05) is 6.07 Å². The van der Waals surface area contributed by atoms with E-state index < -0.39 is 0 Å². The third-order valence-electron chi connectivity index (χ3n) is 2.89. The van der Waals surface area contributed by atoms with Crippen molar-refractivity contribution in [1.82, 2.24) is 9.97 Å². The summed E-state index contributed by atoms with van der Waals surface area (Å²) in [5.41, 5.74) is 8.36. The average molecular weight is 275 g/mol. The molecule has 0 fully saturated rings. The van der Waals surface area contributed by atoms with Crippen molar-refractivity contribution >= 4 is 22.4 Å². The summed E-state index contributed by atoms with van der Waals surface area (Å²) in [6.45, 7) is 0.400. The van der Waals surface area contributed by atoms with E-state index in [1.54, 1.807) is 23.5 Å². The molecule has 0 amide bonds. The van der Waals surface area contributed by atoms with Crippen molar-refractivity contribution < 1.29 is 4.74 Å². The molecule has 2 heterocycles. The second-order valence-electron chi connectivity index (χ2n) is 4.26. The number of H-pyrrole nitrogens is 2. The predicted molar refractivity (Wildman–Crippen MR) is 75.7 cm³/mol. The van der Waals surface area contributed by atoms with E-state index in [9.17, 15) is 4.79 Å². The molecule has 0 aliphatic rings. The molecule has 3 aromatic rings. The minimum absolute atomic E-state index is 0.146. The molecule has 0 radical (unpaired) electrons. The lowest BCUT2D eigenvalue weighted by Crippen LogP contribution is -2.18. The number of ether oxygens (including phenoxy) is 1. The highest BCUT2D eigenvalue weighted by Gasteiger charge is 2.08. The minimum Gasteiger partial charge on any atom is -0.492 e. The van der Waals surface area contributed by atoms with Gasteiger partial charge in [0.25, 0.3) is 0 Å².